The second-order valence-electron chi connectivity index (χ2n) is 29.2. The Bertz CT molecular complexity index is 3320. The maximum Gasteiger partial charge on any atom is 0.326 e. The zero-order chi connectivity index (χ0) is 81.2. The first-order valence-electron chi connectivity index (χ1n) is 37.0. The number of aromatic amines is 1. The number of rotatable bonds is 47. The highest BCUT2D eigenvalue weighted by atomic mass is 16.4. The topological polar surface area (TPSA) is 557 Å². The van der Waals surface area contributed by atoms with Gasteiger partial charge in [0.15, 0.2) is 0 Å². The van der Waals surface area contributed by atoms with Crippen molar-refractivity contribution in [1.82, 2.24) is 84.0 Å². The van der Waals surface area contributed by atoms with Crippen molar-refractivity contribution in [3.8, 4) is 0 Å². The lowest BCUT2D eigenvalue weighted by atomic mass is 9.97. The van der Waals surface area contributed by atoms with Crippen LogP contribution in [0.4, 0.5) is 0 Å². The van der Waals surface area contributed by atoms with E-state index in [1.165, 1.54) is 24.3 Å². The fourth-order valence-electron chi connectivity index (χ4n) is 11.6. The summed E-state index contributed by atoms with van der Waals surface area (Å²) in [6, 6.07) is -8.26. The molecule has 14 atom stereocenters. The molecule has 14 amide bonds. The molecule has 1 saturated heterocycles. The highest BCUT2D eigenvalue weighted by Crippen LogP contribution is 2.20. The third-order valence-corrected chi connectivity index (χ3v) is 18.1. The molecule has 1 aromatic heterocycles. The number of nitrogens with two attached hydrogens (primary N) is 2. The van der Waals surface area contributed by atoms with Crippen LogP contribution in [0.3, 0.4) is 0 Å². The highest BCUT2D eigenvalue weighted by molar-refractivity contribution is 6.00. The van der Waals surface area contributed by atoms with Gasteiger partial charge in [0.1, 0.15) is 78.5 Å². The molecule has 0 spiro atoms. The monoisotopic (exact) mass is 1520 g/mol. The first-order valence-corrected chi connectivity index (χ1v) is 37.0. The molecule has 3 rings (SSSR count). The number of aliphatic hydroxyl groups is 2. The Balaban J connectivity index is 1.71. The van der Waals surface area contributed by atoms with Crippen molar-refractivity contribution in [2.45, 2.75) is 233 Å². The SMILES string of the molecule is CC[C@H](C)[C@H](NC(=O)[C@@H]1CCCN1C(=O)CNC(=O)[C@H](CC(C)C)NC(=O)[C@@H](NC(=O)[C@@H](N)CO)C(C)C)C(=O)N[C@@H](CO)C(=O)NCC(=O)N[C@@H](Cc1cnc[nH]1)C(=O)N[C@H](C(=O)N[C@@H](CC(C)C)C(=O)N[C@@H](CCCCN)C(=O)N[C@@H](C)C(=O)N[C@H](C(=O)N[C@@H](Cc1ccccc1)C(=O)O)C(C)C)C(C)C. The molecule has 36 heteroatoms. The van der Waals surface area contributed by atoms with Gasteiger partial charge in [0.2, 0.25) is 82.7 Å². The summed E-state index contributed by atoms with van der Waals surface area (Å²) in [4.78, 5) is 213. The summed E-state index contributed by atoms with van der Waals surface area (Å²) >= 11 is 0. The van der Waals surface area contributed by atoms with E-state index >= 15 is 0 Å². The lowest BCUT2D eigenvalue weighted by molar-refractivity contribution is -0.142. The van der Waals surface area contributed by atoms with Crippen LogP contribution in [0.5, 0.6) is 0 Å². The molecule has 36 nitrogen and oxygen atoms in total. The molecule has 604 valence electrons. The van der Waals surface area contributed by atoms with Crippen LogP contribution in [0.1, 0.15) is 153 Å². The maximum absolute atomic E-state index is 14.4. The van der Waals surface area contributed by atoms with Crippen LogP contribution in [0.25, 0.3) is 0 Å². The molecule has 0 bridgehead atoms. The Kier molecular flexibility index (Phi) is 39.9. The van der Waals surface area contributed by atoms with Crippen LogP contribution in [0.15, 0.2) is 42.9 Å². The number of amides is 14. The average Bonchev–Trinajstić information content (AvgIpc) is 1.64. The number of carbonyl (C=O) groups excluding carboxylic acids is 14. The van der Waals surface area contributed by atoms with Crippen molar-refractivity contribution >= 4 is 88.7 Å². The molecule has 2 aromatic rings. The molecule has 0 aliphatic carbocycles. The molecule has 1 aromatic carbocycles. The Morgan fingerprint density at radius 1 is 0.528 bits per heavy atom. The van der Waals surface area contributed by atoms with Gasteiger partial charge < -0.3 is 106 Å². The van der Waals surface area contributed by atoms with E-state index in [0.29, 0.717) is 36.9 Å². The van der Waals surface area contributed by atoms with Gasteiger partial charge in [0, 0.05) is 31.3 Å². The smallest absolute Gasteiger partial charge is 0.326 e. The van der Waals surface area contributed by atoms with Crippen LogP contribution in [-0.4, -0.2) is 237 Å². The first kappa shape index (κ1) is 92.5. The van der Waals surface area contributed by atoms with E-state index in [2.05, 4.69) is 79.1 Å². The minimum absolute atomic E-state index is 0.0288. The largest absolute Gasteiger partial charge is 0.480 e. The Morgan fingerprint density at radius 3 is 1.53 bits per heavy atom. The fraction of sp³-hybridized carbons (Fsp3) is 0.667. The number of hydrogen-bond donors (Lipinski definition) is 19. The number of benzene rings is 1. The molecule has 0 unspecified atom stereocenters. The predicted octanol–water partition coefficient (Wildman–Crippen LogP) is -3.60. The Morgan fingerprint density at radius 2 is 1.02 bits per heavy atom. The molecule has 1 aliphatic heterocycles. The maximum atomic E-state index is 14.4. The van der Waals surface area contributed by atoms with E-state index in [1.54, 1.807) is 99.6 Å². The molecule has 21 N–H and O–H groups in total. The average molecular weight is 1520 g/mol. The minimum Gasteiger partial charge on any atom is -0.480 e. The van der Waals surface area contributed by atoms with Gasteiger partial charge >= 0.3 is 5.97 Å². The van der Waals surface area contributed by atoms with E-state index < -0.39 is 217 Å². The van der Waals surface area contributed by atoms with Crippen molar-refractivity contribution in [2.75, 3.05) is 39.4 Å². The molecule has 1 aliphatic rings. The number of unbranched alkanes of at least 4 members (excludes halogenated alkanes) is 1. The zero-order valence-corrected chi connectivity index (χ0v) is 64.3. The van der Waals surface area contributed by atoms with Crippen LogP contribution in [0, 0.1) is 35.5 Å². The summed E-state index contributed by atoms with van der Waals surface area (Å²) in [5, 5.41) is 63.1. The second-order valence-corrected chi connectivity index (χ2v) is 29.2. The molecule has 1 fully saturated rings. The number of imidazole rings is 1. The third-order valence-electron chi connectivity index (χ3n) is 18.1. The van der Waals surface area contributed by atoms with Gasteiger partial charge in [-0.1, -0.05) is 120 Å². The Labute approximate surface area is 630 Å². The number of nitrogens with one attached hydrogen (secondary N) is 14. The van der Waals surface area contributed by atoms with Gasteiger partial charge in [-0.25, -0.2) is 9.78 Å². The minimum atomic E-state index is -1.69. The second kappa shape index (κ2) is 46.5. The number of nitrogens with zero attached hydrogens (tertiary/aromatic N) is 2. The number of carbonyl (C=O) groups is 15. The zero-order valence-electron chi connectivity index (χ0n) is 64.3. The van der Waals surface area contributed by atoms with E-state index in [1.807, 2.05) is 13.8 Å². The van der Waals surface area contributed by atoms with Gasteiger partial charge in [-0.3, -0.25) is 67.1 Å². The summed E-state index contributed by atoms with van der Waals surface area (Å²) in [5.41, 5.74) is 12.4. The predicted molar refractivity (Wildman–Crippen MR) is 396 cm³/mol. The molecule has 0 saturated carbocycles. The summed E-state index contributed by atoms with van der Waals surface area (Å²) in [6.45, 7) is 19.1. The normalized spacial score (nSPS) is 16.4. The Hall–Kier alpha value is -9.68. The first-order chi connectivity index (χ1) is 50.9. The van der Waals surface area contributed by atoms with Crippen LogP contribution in [-0.2, 0) is 84.8 Å². The molecular formula is C72H118N18O18. The summed E-state index contributed by atoms with van der Waals surface area (Å²) < 4.78 is 0. The number of carboxylic acid groups (broad SMARTS) is 1. The van der Waals surface area contributed by atoms with Crippen molar-refractivity contribution in [2.24, 2.45) is 47.0 Å². The van der Waals surface area contributed by atoms with E-state index in [0.717, 1.165) is 0 Å². The van der Waals surface area contributed by atoms with Gasteiger partial charge in [-0.05, 0) is 99.5 Å². The summed E-state index contributed by atoms with van der Waals surface area (Å²) in [6.07, 6.45) is 4.34. The van der Waals surface area contributed by atoms with E-state index in [-0.39, 0.29) is 63.5 Å². The quantitative estimate of drug-likeness (QED) is 0.0285. The highest BCUT2D eigenvalue weighted by Gasteiger charge is 2.40. The van der Waals surface area contributed by atoms with Gasteiger partial charge in [0.05, 0.1) is 32.6 Å². The number of aromatic nitrogens is 2. The molecule has 108 heavy (non-hydrogen) atoms. The molecule has 2 heterocycles. The lowest BCUT2D eigenvalue weighted by Crippen LogP contribution is -2.61. The van der Waals surface area contributed by atoms with E-state index in [4.69, 9.17) is 11.5 Å². The fourth-order valence-corrected chi connectivity index (χ4v) is 11.6. The van der Waals surface area contributed by atoms with Crippen molar-refractivity contribution in [3.63, 3.8) is 0 Å². The van der Waals surface area contributed by atoms with Gasteiger partial charge in [0.25, 0.3) is 0 Å². The number of hydrogen-bond acceptors (Lipinski definition) is 20. The number of H-pyrrole nitrogens is 1. The number of likely N-dealkylation sites (tertiary alicyclic amines) is 1. The van der Waals surface area contributed by atoms with Crippen LogP contribution in [0.2, 0.25) is 0 Å². The van der Waals surface area contributed by atoms with E-state index in [9.17, 15) is 87.2 Å². The third kappa shape index (κ3) is 30.9. The number of aliphatic carboxylic acids is 1. The lowest BCUT2D eigenvalue weighted by Gasteiger charge is -2.30. The molecule has 0 radical (unpaired) electrons. The van der Waals surface area contributed by atoms with Crippen LogP contribution < -0.4 is 80.6 Å². The van der Waals surface area contributed by atoms with Crippen molar-refractivity contribution in [1.29, 1.82) is 0 Å². The number of aliphatic hydroxyl groups excluding tert-OH is 2. The van der Waals surface area contributed by atoms with Crippen molar-refractivity contribution < 1.29 is 87.2 Å². The standard InChI is InChI=1S/C72H118N18O18/c1-14-42(12)59(89-67(102)53-24-20-26-90(53)55(94)33-77-62(97)48(27-37(2)3)82-68(103)57(40(8)9)87-61(96)46(74)34-91)71(106)85-52(35-92)63(98)76-32-54(93)80-50(30-45-31-75-36-78-45)66(101)88-58(41(10)11)69(104)83-49(28-38(4)5)65(100)81-47(23-18-19-25-73)64(99)79-43(13)60(95)86-56(39(6)7)70(105)84-51(72(107)108)29-44-21-16-15-17-22-44/h15-17,21-22,31,36-43,46-53,56-59,91-92H,14,18-20,23-30,32-35,73-74H2,1-13H3,(H,75,78)(H,76,98)(H,77,97)(H,79,99)(H,80,93)(H,81,100)(H,82,103)(H,83,104)(H,84,105)(H,85,106)(H,86,95)(H,87,96)(H,88,101)(H,89,102)(H,107,108)/t42-,43-,46-,47-,48-,49-,50-,51-,52-,53-,56-,57-,58-,59-/m0/s1. The molecular weight excluding hydrogens is 1400 g/mol. The number of carboxylic acids is 1. The van der Waals surface area contributed by atoms with Gasteiger partial charge in [-0.2, -0.15) is 0 Å². The van der Waals surface area contributed by atoms with Crippen LogP contribution >= 0.6 is 0 Å². The van der Waals surface area contributed by atoms with Gasteiger partial charge in [-0.15, -0.1) is 0 Å². The summed E-state index contributed by atoms with van der Waals surface area (Å²) in [5.74, 6) is -15.2. The summed E-state index contributed by atoms with van der Waals surface area (Å²) in [7, 11) is 0. The van der Waals surface area contributed by atoms with Crippen molar-refractivity contribution in [3.05, 3.63) is 54.1 Å².